The lowest BCUT2D eigenvalue weighted by molar-refractivity contribution is -0.116. The van der Waals surface area contributed by atoms with E-state index in [1.807, 2.05) is 0 Å². The molecular formula is C25H26N4O3. The van der Waals surface area contributed by atoms with E-state index in [4.69, 9.17) is 4.74 Å². The molecule has 5 rings (SSSR count). The third kappa shape index (κ3) is 4.07. The van der Waals surface area contributed by atoms with Crippen molar-refractivity contribution < 1.29 is 9.53 Å². The molecule has 1 unspecified atom stereocenters. The molecule has 2 aromatic heterocycles. The van der Waals surface area contributed by atoms with Gasteiger partial charge in [0.25, 0.3) is 11.5 Å². The second-order valence-electron chi connectivity index (χ2n) is 8.86. The van der Waals surface area contributed by atoms with Crippen molar-refractivity contribution in [2.45, 2.75) is 64.4 Å². The Morgan fingerprint density at radius 3 is 2.66 bits per heavy atom. The van der Waals surface area contributed by atoms with Gasteiger partial charge >= 0.3 is 0 Å². The monoisotopic (exact) mass is 430 g/mol. The van der Waals surface area contributed by atoms with Gasteiger partial charge in [-0.15, -0.1) is 0 Å². The smallest absolute Gasteiger partial charge is 0.277 e. The molecule has 0 bridgehead atoms. The van der Waals surface area contributed by atoms with E-state index in [2.05, 4.69) is 40.2 Å². The molecule has 1 saturated carbocycles. The molecule has 7 nitrogen and oxygen atoms in total. The number of aromatic nitrogens is 4. The fourth-order valence-corrected chi connectivity index (χ4v) is 4.46. The lowest BCUT2D eigenvalue weighted by Crippen LogP contribution is -2.30. The van der Waals surface area contributed by atoms with Gasteiger partial charge in [-0.05, 0) is 80.2 Å². The molecule has 32 heavy (non-hydrogen) atoms. The normalized spacial score (nSPS) is 17.6. The minimum atomic E-state index is -0.164. The van der Waals surface area contributed by atoms with Gasteiger partial charge in [-0.1, -0.05) is 12.1 Å². The molecule has 1 fully saturated rings. The standard InChI is InChI=1S/C25H26N4O3/c1-15(30)10-17-12-26-25(27-13-17)29-24(31)22-9-6-18(11-19(22)14-28-29)21-4-3-5-23(16(21)2)32-20-7-8-20/h3-5,12-14,18,20H,6-11H2,1-2H3. The summed E-state index contributed by atoms with van der Waals surface area (Å²) in [6.45, 7) is 3.65. The summed E-state index contributed by atoms with van der Waals surface area (Å²) in [7, 11) is 0. The highest BCUT2D eigenvalue weighted by atomic mass is 16.5. The van der Waals surface area contributed by atoms with Crippen LogP contribution in [-0.2, 0) is 24.1 Å². The number of Topliss-reactive ketones (excluding diaryl/α,β-unsaturated/α-hetero) is 1. The van der Waals surface area contributed by atoms with Crippen molar-refractivity contribution in [3.05, 3.63) is 75.0 Å². The van der Waals surface area contributed by atoms with Crippen molar-refractivity contribution in [1.82, 2.24) is 19.7 Å². The Balaban J connectivity index is 1.39. The first-order valence-electron chi connectivity index (χ1n) is 11.2. The summed E-state index contributed by atoms with van der Waals surface area (Å²) in [6.07, 6.45) is 10.2. The van der Waals surface area contributed by atoms with Crippen LogP contribution in [0.25, 0.3) is 5.95 Å². The van der Waals surface area contributed by atoms with Crippen LogP contribution >= 0.6 is 0 Å². The number of ether oxygens (including phenoxy) is 1. The maximum atomic E-state index is 13.1. The second kappa shape index (κ2) is 8.30. The number of nitrogens with zero attached hydrogens (tertiary/aromatic N) is 4. The molecule has 0 radical (unpaired) electrons. The van der Waals surface area contributed by atoms with E-state index < -0.39 is 0 Å². The van der Waals surface area contributed by atoms with Crippen molar-refractivity contribution >= 4 is 5.78 Å². The summed E-state index contributed by atoms with van der Waals surface area (Å²) in [6, 6.07) is 6.30. The summed E-state index contributed by atoms with van der Waals surface area (Å²) in [5.41, 5.74) is 4.83. The second-order valence-corrected chi connectivity index (χ2v) is 8.86. The Morgan fingerprint density at radius 2 is 1.94 bits per heavy atom. The summed E-state index contributed by atoms with van der Waals surface area (Å²) in [5.74, 6) is 1.59. The van der Waals surface area contributed by atoms with Crippen molar-refractivity contribution in [2.75, 3.05) is 0 Å². The molecule has 7 heteroatoms. The number of hydrogen-bond acceptors (Lipinski definition) is 6. The maximum absolute atomic E-state index is 13.1. The molecule has 3 aromatic rings. The van der Waals surface area contributed by atoms with E-state index in [9.17, 15) is 9.59 Å². The van der Waals surface area contributed by atoms with E-state index in [1.165, 1.54) is 22.7 Å². The van der Waals surface area contributed by atoms with Crippen molar-refractivity contribution in [2.24, 2.45) is 0 Å². The molecule has 0 spiro atoms. The zero-order chi connectivity index (χ0) is 22.2. The first-order chi connectivity index (χ1) is 15.5. The highest BCUT2D eigenvalue weighted by Gasteiger charge is 2.28. The van der Waals surface area contributed by atoms with Crippen LogP contribution in [0.4, 0.5) is 0 Å². The number of rotatable bonds is 6. The first kappa shape index (κ1) is 20.5. The zero-order valence-corrected chi connectivity index (χ0v) is 18.4. The number of hydrogen-bond donors (Lipinski definition) is 0. The van der Waals surface area contributed by atoms with Crippen LogP contribution in [0, 0.1) is 6.92 Å². The molecule has 2 aliphatic rings. The summed E-state index contributed by atoms with van der Waals surface area (Å²) in [4.78, 5) is 32.9. The molecule has 1 atom stereocenters. The molecule has 0 saturated heterocycles. The van der Waals surface area contributed by atoms with Crippen LogP contribution in [0.1, 0.15) is 59.9 Å². The average Bonchev–Trinajstić information content (AvgIpc) is 3.60. The van der Waals surface area contributed by atoms with Crippen LogP contribution < -0.4 is 10.3 Å². The van der Waals surface area contributed by atoms with Crippen LogP contribution in [0.2, 0.25) is 0 Å². The number of carbonyl (C=O) groups excluding carboxylic acids is 1. The van der Waals surface area contributed by atoms with Gasteiger partial charge in [-0.3, -0.25) is 9.59 Å². The van der Waals surface area contributed by atoms with E-state index in [0.29, 0.717) is 18.4 Å². The quantitative estimate of drug-likeness (QED) is 0.597. The van der Waals surface area contributed by atoms with E-state index >= 15 is 0 Å². The van der Waals surface area contributed by atoms with Crippen LogP contribution in [-0.4, -0.2) is 31.6 Å². The lowest BCUT2D eigenvalue weighted by atomic mass is 9.79. The minimum Gasteiger partial charge on any atom is -0.490 e. The SMILES string of the molecule is CC(=O)Cc1cnc(-n2ncc3c(c2=O)CCC(c2cccc(OC4CC4)c2C)C3)nc1. The summed E-state index contributed by atoms with van der Waals surface area (Å²) in [5, 5.41) is 4.36. The third-order valence-electron chi connectivity index (χ3n) is 6.29. The Labute approximate surface area is 186 Å². The molecule has 2 heterocycles. The summed E-state index contributed by atoms with van der Waals surface area (Å²) < 4.78 is 7.33. The summed E-state index contributed by atoms with van der Waals surface area (Å²) >= 11 is 0. The number of benzene rings is 1. The highest BCUT2D eigenvalue weighted by Crippen LogP contribution is 2.37. The number of carbonyl (C=O) groups is 1. The fraction of sp³-hybridized carbons (Fsp3) is 0.400. The molecule has 2 aliphatic carbocycles. The molecule has 1 aromatic carbocycles. The fourth-order valence-electron chi connectivity index (χ4n) is 4.46. The van der Waals surface area contributed by atoms with Crippen molar-refractivity contribution in [3.63, 3.8) is 0 Å². The third-order valence-corrected chi connectivity index (χ3v) is 6.29. The Bertz CT molecular complexity index is 1230. The maximum Gasteiger partial charge on any atom is 0.277 e. The molecular weight excluding hydrogens is 404 g/mol. The predicted molar refractivity (Wildman–Crippen MR) is 119 cm³/mol. The zero-order valence-electron chi connectivity index (χ0n) is 18.4. The Hall–Kier alpha value is -3.35. The van der Waals surface area contributed by atoms with Gasteiger partial charge in [0.15, 0.2) is 0 Å². The van der Waals surface area contributed by atoms with Crippen molar-refractivity contribution in [3.8, 4) is 11.7 Å². The van der Waals surface area contributed by atoms with E-state index in [0.717, 1.165) is 48.1 Å². The highest BCUT2D eigenvalue weighted by molar-refractivity contribution is 5.77. The Kier molecular flexibility index (Phi) is 5.33. The van der Waals surface area contributed by atoms with Gasteiger partial charge in [0, 0.05) is 24.4 Å². The van der Waals surface area contributed by atoms with E-state index in [-0.39, 0.29) is 23.7 Å². The van der Waals surface area contributed by atoms with Crippen LogP contribution in [0.5, 0.6) is 5.75 Å². The van der Waals surface area contributed by atoms with Crippen LogP contribution in [0.15, 0.2) is 41.6 Å². The minimum absolute atomic E-state index is 0.0415. The predicted octanol–water partition coefficient (Wildman–Crippen LogP) is 3.28. The van der Waals surface area contributed by atoms with Gasteiger partial charge in [-0.25, -0.2) is 9.97 Å². The molecule has 0 aliphatic heterocycles. The van der Waals surface area contributed by atoms with Gasteiger partial charge in [0.05, 0.1) is 12.3 Å². The van der Waals surface area contributed by atoms with Crippen LogP contribution in [0.3, 0.4) is 0 Å². The lowest BCUT2D eigenvalue weighted by Gasteiger charge is -2.26. The van der Waals surface area contributed by atoms with Gasteiger partial charge in [0.2, 0.25) is 0 Å². The van der Waals surface area contributed by atoms with Gasteiger partial charge < -0.3 is 4.74 Å². The van der Waals surface area contributed by atoms with E-state index in [1.54, 1.807) is 18.6 Å². The van der Waals surface area contributed by atoms with Gasteiger partial charge in [-0.2, -0.15) is 9.78 Å². The van der Waals surface area contributed by atoms with Crippen molar-refractivity contribution in [1.29, 1.82) is 0 Å². The Morgan fingerprint density at radius 1 is 1.16 bits per heavy atom. The largest absolute Gasteiger partial charge is 0.490 e. The molecule has 164 valence electrons. The number of ketones is 1. The number of fused-ring (bicyclic) bond motifs is 1. The van der Waals surface area contributed by atoms with Gasteiger partial charge in [0.1, 0.15) is 11.5 Å². The molecule has 0 N–H and O–H groups in total. The first-order valence-corrected chi connectivity index (χ1v) is 11.2. The average molecular weight is 431 g/mol. The topological polar surface area (TPSA) is 87.0 Å². The molecule has 0 amide bonds.